The van der Waals surface area contributed by atoms with Gasteiger partial charge in [0.2, 0.25) is 0 Å². The third kappa shape index (κ3) is 4.82. The second-order valence-electron chi connectivity index (χ2n) is 5.97. The maximum absolute atomic E-state index is 12.6. The average Bonchev–Trinajstić information content (AvgIpc) is 2.60. The fourth-order valence-corrected chi connectivity index (χ4v) is 2.64. The lowest BCUT2D eigenvalue weighted by molar-refractivity contribution is -0.144. The fourth-order valence-electron chi connectivity index (χ4n) is 2.64. The smallest absolute Gasteiger partial charge is 0.325 e. The van der Waals surface area contributed by atoms with E-state index in [4.69, 9.17) is 4.74 Å². The van der Waals surface area contributed by atoms with E-state index in [0.29, 0.717) is 12.2 Å². The predicted molar refractivity (Wildman–Crippen MR) is 96.0 cm³/mol. The van der Waals surface area contributed by atoms with E-state index in [-0.39, 0.29) is 18.4 Å². The number of ether oxygens (including phenoxy) is 1. The first-order valence-electron chi connectivity index (χ1n) is 8.52. The molecule has 4 nitrogen and oxygen atoms in total. The zero-order valence-corrected chi connectivity index (χ0v) is 14.5. The summed E-state index contributed by atoms with van der Waals surface area (Å²) in [5.74, 6) is -0.530. The molecule has 0 aromatic heterocycles. The fraction of sp³-hybridized carbons (Fsp3) is 0.400. The third-order valence-corrected chi connectivity index (χ3v) is 3.99. The van der Waals surface area contributed by atoms with Crippen LogP contribution < -0.4 is 0 Å². The van der Waals surface area contributed by atoms with E-state index in [1.165, 1.54) is 4.90 Å². The molecule has 0 atom stereocenters. The van der Waals surface area contributed by atoms with Crippen LogP contribution >= 0.6 is 0 Å². The molecule has 0 radical (unpaired) electrons. The molecule has 0 N–H and O–H groups in total. The topological polar surface area (TPSA) is 46.6 Å². The molecule has 0 saturated heterocycles. The van der Waals surface area contributed by atoms with Crippen molar-refractivity contribution in [2.75, 3.05) is 20.2 Å². The molecule has 4 heteroatoms. The number of hydrogen-bond donors (Lipinski definition) is 0. The number of fused-ring (bicyclic) bond motifs is 1. The first-order valence-corrected chi connectivity index (χ1v) is 8.52. The number of amides is 1. The second kappa shape index (κ2) is 9.06. The zero-order valence-electron chi connectivity index (χ0n) is 14.5. The maximum Gasteiger partial charge on any atom is 0.325 e. The van der Waals surface area contributed by atoms with E-state index in [9.17, 15) is 9.59 Å². The number of unbranched alkanes of at least 4 members (excludes halogenated alkanes) is 3. The molecule has 0 spiro atoms. The molecule has 0 aliphatic heterocycles. The van der Waals surface area contributed by atoms with Crippen LogP contribution in [0.1, 0.15) is 43.0 Å². The van der Waals surface area contributed by atoms with Gasteiger partial charge in [0.05, 0.1) is 6.61 Å². The molecule has 0 fully saturated rings. The Morgan fingerprint density at radius 3 is 2.54 bits per heavy atom. The van der Waals surface area contributed by atoms with Crippen LogP contribution in [0, 0.1) is 0 Å². The number of carbonyl (C=O) groups excluding carboxylic acids is 2. The number of hydrogen-bond acceptors (Lipinski definition) is 3. The standard InChI is InChI=1S/C20H25NO3/c1-3-4-5-8-14-24-19(22)15-21(2)20(23)18-13-9-11-16-10-6-7-12-17(16)18/h6-7,9-13H,3-5,8,14-15H2,1-2H3. The first kappa shape index (κ1) is 18.0. The van der Waals surface area contributed by atoms with Gasteiger partial charge >= 0.3 is 5.97 Å². The summed E-state index contributed by atoms with van der Waals surface area (Å²) < 4.78 is 5.20. The molecule has 128 valence electrons. The molecule has 2 aromatic carbocycles. The highest BCUT2D eigenvalue weighted by Crippen LogP contribution is 2.19. The van der Waals surface area contributed by atoms with Crippen molar-refractivity contribution < 1.29 is 14.3 Å². The molecule has 0 aliphatic rings. The van der Waals surface area contributed by atoms with Gasteiger partial charge in [-0.15, -0.1) is 0 Å². The molecule has 2 rings (SSSR count). The largest absolute Gasteiger partial charge is 0.464 e. The zero-order chi connectivity index (χ0) is 17.4. The number of benzene rings is 2. The van der Waals surface area contributed by atoms with Gasteiger partial charge in [0.1, 0.15) is 6.54 Å². The molecule has 24 heavy (non-hydrogen) atoms. The van der Waals surface area contributed by atoms with Crippen LogP contribution in [0.2, 0.25) is 0 Å². The Kier molecular flexibility index (Phi) is 6.79. The van der Waals surface area contributed by atoms with E-state index < -0.39 is 0 Å². The molecular formula is C20H25NO3. The van der Waals surface area contributed by atoms with E-state index in [1.54, 1.807) is 13.1 Å². The van der Waals surface area contributed by atoms with E-state index >= 15 is 0 Å². The first-order chi connectivity index (χ1) is 11.6. The summed E-state index contributed by atoms with van der Waals surface area (Å²) >= 11 is 0. The van der Waals surface area contributed by atoms with Gasteiger partial charge in [0.15, 0.2) is 0 Å². The Bertz CT molecular complexity index is 691. The van der Waals surface area contributed by atoms with Crippen molar-refractivity contribution in [1.29, 1.82) is 0 Å². The van der Waals surface area contributed by atoms with Gasteiger partial charge in [-0.05, 0) is 23.3 Å². The molecule has 1 amide bonds. The van der Waals surface area contributed by atoms with Crippen molar-refractivity contribution in [3.05, 3.63) is 48.0 Å². The normalized spacial score (nSPS) is 10.6. The van der Waals surface area contributed by atoms with Crippen molar-refractivity contribution in [3.8, 4) is 0 Å². The van der Waals surface area contributed by atoms with Gasteiger partial charge in [-0.25, -0.2) is 0 Å². The Hall–Kier alpha value is -2.36. The lowest BCUT2D eigenvalue weighted by Crippen LogP contribution is -2.33. The monoisotopic (exact) mass is 327 g/mol. The lowest BCUT2D eigenvalue weighted by atomic mass is 10.0. The van der Waals surface area contributed by atoms with Crippen molar-refractivity contribution in [1.82, 2.24) is 4.90 Å². The second-order valence-corrected chi connectivity index (χ2v) is 5.97. The third-order valence-electron chi connectivity index (χ3n) is 3.99. The summed E-state index contributed by atoms with van der Waals surface area (Å²) in [6.45, 7) is 2.53. The molecule has 0 aliphatic carbocycles. The van der Waals surface area contributed by atoms with Crippen LogP contribution in [0.3, 0.4) is 0 Å². The van der Waals surface area contributed by atoms with Crippen molar-refractivity contribution in [2.45, 2.75) is 32.6 Å². The van der Waals surface area contributed by atoms with Gasteiger partial charge in [-0.1, -0.05) is 62.6 Å². The summed E-state index contributed by atoms with van der Waals surface area (Å²) in [7, 11) is 1.63. The lowest BCUT2D eigenvalue weighted by Gasteiger charge is -2.17. The van der Waals surface area contributed by atoms with Gasteiger partial charge in [0.25, 0.3) is 5.91 Å². The van der Waals surface area contributed by atoms with Crippen LogP contribution in [0.5, 0.6) is 0 Å². The average molecular weight is 327 g/mol. The van der Waals surface area contributed by atoms with E-state index in [2.05, 4.69) is 6.92 Å². The van der Waals surface area contributed by atoms with Crippen molar-refractivity contribution in [3.63, 3.8) is 0 Å². The van der Waals surface area contributed by atoms with Crippen LogP contribution in [-0.4, -0.2) is 37.0 Å². The molecule has 0 heterocycles. The van der Waals surface area contributed by atoms with Crippen LogP contribution in [0.15, 0.2) is 42.5 Å². The Morgan fingerprint density at radius 1 is 1.00 bits per heavy atom. The Morgan fingerprint density at radius 2 is 1.75 bits per heavy atom. The minimum atomic E-state index is -0.359. The summed E-state index contributed by atoms with van der Waals surface area (Å²) in [5, 5.41) is 1.90. The van der Waals surface area contributed by atoms with E-state index in [1.807, 2.05) is 36.4 Å². The molecule has 0 unspecified atom stereocenters. The minimum Gasteiger partial charge on any atom is -0.464 e. The van der Waals surface area contributed by atoms with Crippen LogP contribution in [0.4, 0.5) is 0 Å². The van der Waals surface area contributed by atoms with Crippen molar-refractivity contribution >= 4 is 22.6 Å². The maximum atomic E-state index is 12.6. The van der Waals surface area contributed by atoms with E-state index in [0.717, 1.165) is 36.5 Å². The summed E-state index contributed by atoms with van der Waals surface area (Å²) in [6.07, 6.45) is 4.24. The SMILES string of the molecule is CCCCCCOC(=O)CN(C)C(=O)c1cccc2ccccc12. The number of rotatable bonds is 8. The summed E-state index contributed by atoms with van der Waals surface area (Å²) in [6, 6.07) is 13.3. The summed E-state index contributed by atoms with van der Waals surface area (Å²) in [5.41, 5.74) is 0.603. The number of carbonyl (C=O) groups is 2. The van der Waals surface area contributed by atoms with Gasteiger partial charge in [0, 0.05) is 12.6 Å². The van der Waals surface area contributed by atoms with Gasteiger partial charge < -0.3 is 9.64 Å². The molecule has 2 aromatic rings. The highest BCUT2D eigenvalue weighted by atomic mass is 16.5. The minimum absolute atomic E-state index is 0.0319. The molecule has 0 saturated carbocycles. The Balaban J connectivity index is 1.93. The van der Waals surface area contributed by atoms with Gasteiger partial charge in [-0.2, -0.15) is 0 Å². The Labute approximate surface area is 143 Å². The van der Waals surface area contributed by atoms with Crippen molar-refractivity contribution in [2.24, 2.45) is 0 Å². The molecule has 0 bridgehead atoms. The quantitative estimate of drug-likeness (QED) is 0.543. The molecular weight excluding hydrogens is 302 g/mol. The number of esters is 1. The number of likely N-dealkylation sites (N-methyl/N-ethyl adjacent to an activating group) is 1. The van der Waals surface area contributed by atoms with Gasteiger partial charge in [-0.3, -0.25) is 9.59 Å². The predicted octanol–water partition coefficient (Wildman–Crippen LogP) is 4.04. The summed E-state index contributed by atoms with van der Waals surface area (Å²) in [4.78, 5) is 25.9. The number of nitrogens with zero attached hydrogens (tertiary/aromatic N) is 1. The van der Waals surface area contributed by atoms with Crippen LogP contribution in [0.25, 0.3) is 10.8 Å². The van der Waals surface area contributed by atoms with Crippen LogP contribution in [-0.2, 0) is 9.53 Å². The highest BCUT2D eigenvalue weighted by molar-refractivity contribution is 6.07. The highest BCUT2D eigenvalue weighted by Gasteiger charge is 2.17.